The number of hydrogen-bond acceptors (Lipinski definition) is 3. The summed E-state index contributed by atoms with van der Waals surface area (Å²) < 4.78 is 5.47. The van der Waals surface area contributed by atoms with Crippen molar-refractivity contribution in [1.29, 1.82) is 0 Å². The first-order valence-electron chi connectivity index (χ1n) is 6.91. The smallest absolute Gasteiger partial charge is 0.0480 e. The highest BCUT2D eigenvalue weighted by molar-refractivity contribution is 4.95. The van der Waals surface area contributed by atoms with Gasteiger partial charge >= 0.3 is 0 Å². The lowest BCUT2D eigenvalue weighted by atomic mass is 9.78. The Morgan fingerprint density at radius 3 is 2.81 bits per heavy atom. The Morgan fingerprint density at radius 2 is 2.06 bits per heavy atom. The van der Waals surface area contributed by atoms with E-state index >= 15 is 0 Å². The maximum atomic E-state index is 5.47. The van der Waals surface area contributed by atoms with E-state index in [2.05, 4.69) is 10.2 Å². The molecule has 3 aliphatic heterocycles. The van der Waals surface area contributed by atoms with Gasteiger partial charge in [-0.05, 0) is 50.6 Å². The molecular formula is C13H24N2O. The fourth-order valence-electron chi connectivity index (χ4n) is 3.75. The molecule has 0 aromatic rings. The van der Waals surface area contributed by atoms with Crippen LogP contribution in [0.5, 0.6) is 0 Å². The van der Waals surface area contributed by atoms with Crippen LogP contribution in [0.4, 0.5) is 0 Å². The fraction of sp³-hybridized carbons (Fsp3) is 1.00. The van der Waals surface area contributed by atoms with Gasteiger partial charge in [-0.15, -0.1) is 0 Å². The molecule has 3 nitrogen and oxygen atoms in total. The van der Waals surface area contributed by atoms with Crippen LogP contribution in [0, 0.1) is 5.41 Å². The molecule has 0 radical (unpaired) electrons. The first kappa shape index (κ1) is 11.0. The van der Waals surface area contributed by atoms with Crippen LogP contribution in [0.15, 0.2) is 0 Å². The third-order valence-corrected chi connectivity index (χ3v) is 4.73. The molecule has 1 unspecified atom stereocenters. The predicted octanol–water partition coefficient (Wildman–Crippen LogP) is 1.24. The minimum absolute atomic E-state index is 0.622. The Labute approximate surface area is 98.5 Å². The fourth-order valence-corrected chi connectivity index (χ4v) is 3.75. The number of likely N-dealkylation sites (tertiary alicyclic amines) is 1. The molecule has 1 N–H and O–H groups in total. The highest BCUT2D eigenvalue weighted by Gasteiger charge is 2.39. The third-order valence-electron chi connectivity index (χ3n) is 4.73. The minimum Gasteiger partial charge on any atom is -0.381 e. The van der Waals surface area contributed by atoms with Gasteiger partial charge in [0.15, 0.2) is 0 Å². The van der Waals surface area contributed by atoms with Crippen LogP contribution in [0.1, 0.15) is 32.1 Å². The molecular weight excluding hydrogens is 200 g/mol. The van der Waals surface area contributed by atoms with Crippen molar-refractivity contribution in [2.75, 3.05) is 39.4 Å². The Kier molecular flexibility index (Phi) is 3.18. The van der Waals surface area contributed by atoms with Gasteiger partial charge in [0.1, 0.15) is 0 Å². The average Bonchev–Trinajstić information content (AvgIpc) is 2.78. The molecule has 1 spiro atoms. The van der Waals surface area contributed by atoms with E-state index in [0.29, 0.717) is 5.41 Å². The molecule has 92 valence electrons. The van der Waals surface area contributed by atoms with Gasteiger partial charge in [-0.3, -0.25) is 4.90 Å². The van der Waals surface area contributed by atoms with Crippen molar-refractivity contribution in [2.45, 2.75) is 38.1 Å². The number of nitrogens with zero attached hydrogens (tertiary/aromatic N) is 1. The second kappa shape index (κ2) is 4.63. The van der Waals surface area contributed by atoms with Crippen LogP contribution >= 0.6 is 0 Å². The number of piperidine rings is 1. The third kappa shape index (κ3) is 2.13. The van der Waals surface area contributed by atoms with E-state index in [4.69, 9.17) is 4.74 Å². The lowest BCUT2D eigenvalue weighted by molar-refractivity contribution is 0.000159. The minimum atomic E-state index is 0.622. The van der Waals surface area contributed by atoms with Crippen molar-refractivity contribution < 1.29 is 4.74 Å². The first-order chi connectivity index (χ1) is 7.88. The largest absolute Gasteiger partial charge is 0.381 e. The van der Waals surface area contributed by atoms with Crippen molar-refractivity contribution in [1.82, 2.24) is 10.2 Å². The van der Waals surface area contributed by atoms with E-state index in [1.165, 1.54) is 58.3 Å². The summed E-state index contributed by atoms with van der Waals surface area (Å²) in [5.41, 5.74) is 0.622. The summed E-state index contributed by atoms with van der Waals surface area (Å²) in [5.74, 6) is 0. The zero-order valence-corrected chi connectivity index (χ0v) is 10.2. The normalized spacial score (nSPS) is 38.2. The zero-order chi connectivity index (χ0) is 10.8. The van der Waals surface area contributed by atoms with Crippen LogP contribution in [0.25, 0.3) is 0 Å². The van der Waals surface area contributed by atoms with Crippen molar-refractivity contribution in [3.05, 3.63) is 0 Å². The molecule has 3 heteroatoms. The van der Waals surface area contributed by atoms with Gasteiger partial charge in [0.25, 0.3) is 0 Å². The number of nitrogens with one attached hydrogen (secondary N) is 1. The molecule has 0 saturated carbocycles. The molecule has 0 bridgehead atoms. The Balaban J connectivity index is 1.62. The second-order valence-corrected chi connectivity index (χ2v) is 5.84. The second-order valence-electron chi connectivity index (χ2n) is 5.84. The van der Waals surface area contributed by atoms with Crippen LogP contribution < -0.4 is 5.32 Å². The van der Waals surface area contributed by atoms with Gasteiger partial charge in [-0.2, -0.15) is 0 Å². The summed E-state index contributed by atoms with van der Waals surface area (Å²) in [5, 5.41) is 3.55. The van der Waals surface area contributed by atoms with Crippen LogP contribution in [0.2, 0.25) is 0 Å². The summed E-state index contributed by atoms with van der Waals surface area (Å²) in [6.07, 6.45) is 6.75. The molecule has 0 aromatic heterocycles. The first-order valence-corrected chi connectivity index (χ1v) is 6.91. The average molecular weight is 224 g/mol. The van der Waals surface area contributed by atoms with Crippen molar-refractivity contribution in [2.24, 2.45) is 5.41 Å². The number of ether oxygens (including phenoxy) is 1. The van der Waals surface area contributed by atoms with Gasteiger partial charge < -0.3 is 10.1 Å². The summed E-state index contributed by atoms with van der Waals surface area (Å²) in [6.45, 7) is 7.12. The van der Waals surface area contributed by atoms with Crippen molar-refractivity contribution in [3.63, 3.8) is 0 Å². The lowest BCUT2D eigenvalue weighted by Crippen LogP contribution is -2.50. The summed E-state index contributed by atoms with van der Waals surface area (Å²) >= 11 is 0. The Morgan fingerprint density at radius 1 is 1.19 bits per heavy atom. The van der Waals surface area contributed by atoms with E-state index in [-0.39, 0.29) is 0 Å². The highest BCUT2D eigenvalue weighted by atomic mass is 16.5. The molecule has 3 heterocycles. The molecule has 3 fully saturated rings. The number of hydrogen-bond donors (Lipinski definition) is 1. The quantitative estimate of drug-likeness (QED) is 0.725. The van der Waals surface area contributed by atoms with Gasteiger partial charge in [0.2, 0.25) is 0 Å². The Bertz CT molecular complexity index is 232. The summed E-state index contributed by atoms with van der Waals surface area (Å²) in [6, 6.07) is 0.812. The molecule has 16 heavy (non-hydrogen) atoms. The van der Waals surface area contributed by atoms with E-state index in [1.54, 1.807) is 0 Å². The standard InChI is InChI=1S/C13H24N2O/c1-4-13(5-6-14-10-13)11-15(7-1)12-2-8-16-9-3-12/h12,14H,1-11H2. The lowest BCUT2D eigenvalue weighted by Gasteiger charge is -2.44. The number of rotatable bonds is 1. The van der Waals surface area contributed by atoms with Gasteiger partial charge in [-0.1, -0.05) is 0 Å². The van der Waals surface area contributed by atoms with E-state index in [9.17, 15) is 0 Å². The molecule has 3 aliphatic rings. The molecule has 3 saturated heterocycles. The van der Waals surface area contributed by atoms with Gasteiger partial charge in [-0.25, -0.2) is 0 Å². The highest BCUT2D eigenvalue weighted by Crippen LogP contribution is 2.37. The predicted molar refractivity (Wildman–Crippen MR) is 64.6 cm³/mol. The topological polar surface area (TPSA) is 24.5 Å². The molecule has 1 atom stereocenters. The van der Waals surface area contributed by atoms with Crippen LogP contribution in [-0.4, -0.2) is 50.3 Å². The maximum Gasteiger partial charge on any atom is 0.0480 e. The monoisotopic (exact) mass is 224 g/mol. The van der Waals surface area contributed by atoms with E-state index in [0.717, 1.165) is 19.3 Å². The van der Waals surface area contributed by atoms with Crippen LogP contribution in [-0.2, 0) is 4.74 Å². The zero-order valence-electron chi connectivity index (χ0n) is 10.2. The van der Waals surface area contributed by atoms with E-state index < -0.39 is 0 Å². The molecule has 3 rings (SSSR count). The Hall–Kier alpha value is -0.120. The molecule has 0 aromatic carbocycles. The van der Waals surface area contributed by atoms with Crippen molar-refractivity contribution in [3.8, 4) is 0 Å². The summed E-state index contributed by atoms with van der Waals surface area (Å²) in [7, 11) is 0. The van der Waals surface area contributed by atoms with Gasteiger partial charge in [0, 0.05) is 32.3 Å². The summed E-state index contributed by atoms with van der Waals surface area (Å²) in [4.78, 5) is 2.76. The van der Waals surface area contributed by atoms with Gasteiger partial charge in [0.05, 0.1) is 0 Å². The van der Waals surface area contributed by atoms with Crippen LogP contribution in [0.3, 0.4) is 0 Å². The SMILES string of the molecule is C1CN(C2CCOCC2)CC2(C1)CCNC2. The molecule has 0 amide bonds. The maximum absolute atomic E-state index is 5.47. The molecule has 0 aliphatic carbocycles. The van der Waals surface area contributed by atoms with Crippen molar-refractivity contribution >= 4 is 0 Å². The van der Waals surface area contributed by atoms with E-state index in [1.807, 2.05) is 0 Å².